The van der Waals surface area contributed by atoms with Gasteiger partial charge in [0, 0.05) is 24.6 Å². The summed E-state index contributed by atoms with van der Waals surface area (Å²) in [5.41, 5.74) is 2.67. The van der Waals surface area contributed by atoms with E-state index in [4.69, 9.17) is 0 Å². The summed E-state index contributed by atoms with van der Waals surface area (Å²) in [7, 11) is 0. The number of likely N-dealkylation sites (tertiary alicyclic amines) is 1. The maximum absolute atomic E-state index is 12.8. The third-order valence-electron chi connectivity index (χ3n) is 4.20. The lowest BCUT2D eigenvalue weighted by molar-refractivity contribution is 0.0605. The first-order chi connectivity index (χ1) is 10.8. The van der Waals surface area contributed by atoms with Crippen molar-refractivity contribution >= 4 is 5.91 Å². The van der Waals surface area contributed by atoms with Gasteiger partial charge in [0.15, 0.2) is 0 Å². The van der Waals surface area contributed by atoms with Gasteiger partial charge < -0.3 is 4.90 Å². The lowest BCUT2D eigenvalue weighted by Crippen LogP contribution is -2.38. The van der Waals surface area contributed by atoms with Gasteiger partial charge in [-0.2, -0.15) is 5.10 Å². The Balaban J connectivity index is 1.82. The fourth-order valence-corrected chi connectivity index (χ4v) is 3.11. The number of nitrogens with one attached hydrogen (secondary N) is 1. The lowest BCUT2D eigenvalue weighted by Gasteiger charge is -2.35. The number of piperidine rings is 1. The van der Waals surface area contributed by atoms with E-state index in [1.54, 1.807) is 6.20 Å². The van der Waals surface area contributed by atoms with Gasteiger partial charge in [-0.25, -0.2) is 0 Å². The molecular weight excluding hydrogens is 276 g/mol. The molecule has 1 N–H and O–H groups in total. The Morgan fingerprint density at radius 3 is 3.14 bits per heavy atom. The maximum Gasteiger partial charge on any atom is 0.274 e. The van der Waals surface area contributed by atoms with Crippen molar-refractivity contribution in [2.45, 2.75) is 45.1 Å². The molecule has 5 nitrogen and oxygen atoms in total. The Kier molecular flexibility index (Phi) is 4.51. The molecule has 0 aromatic carbocycles. The molecule has 1 atom stereocenters. The zero-order valence-electron chi connectivity index (χ0n) is 13.0. The molecular formula is C17H22N4O. The highest BCUT2D eigenvalue weighted by molar-refractivity contribution is 5.92. The van der Waals surface area contributed by atoms with E-state index in [1.807, 2.05) is 23.2 Å². The van der Waals surface area contributed by atoms with E-state index in [9.17, 15) is 4.79 Å². The summed E-state index contributed by atoms with van der Waals surface area (Å²) < 4.78 is 0. The molecule has 5 heteroatoms. The number of H-pyrrole nitrogens is 1. The van der Waals surface area contributed by atoms with E-state index in [-0.39, 0.29) is 11.9 Å². The van der Waals surface area contributed by atoms with Crippen LogP contribution in [-0.4, -0.2) is 32.5 Å². The van der Waals surface area contributed by atoms with Gasteiger partial charge >= 0.3 is 0 Å². The Bertz CT molecular complexity index is 623. The number of nitrogens with zero attached hydrogens (tertiary/aromatic N) is 3. The van der Waals surface area contributed by atoms with Crippen LogP contribution in [0.4, 0.5) is 0 Å². The van der Waals surface area contributed by atoms with E-state index < -0.39 is 0 Å². The second-order valence-electron chi connectivity index (χ2n) is 5.82. The number of carbonyl (C=O) groups excluding carboxylic acids is 1. The maximum atomic E-state index is 12.8. The van der Waals surface area contributed by atoms with Crippen molar-refractivity contribution in [3.63, 3.8) is 0 Å². The fourth-order valence-electron chi connectivity index (χ4n) is 3.11. The number of hydrogen-bond acceptors (Lipinski definition) is 3. The van der Waals surface area contributed by atoms with Crippen LogP contribution in [0.2, 0.25) is 0 Å². The highest BCUT2D eigenvalue weighted by Crippen LogP contribution is 2.31. The molecule has 22 heavy (non-hydrogen) atoms. The van der Waals surface area contributed by atoms with E-state index >= 15 is 0 Å². The summed E-state index contributed by atoms with van der Waals surface area (Å²) in [6.07, 6.45) is 8.78. The number of rotatable bonds is 4. The molecule has 1 amide bonds. The number of hydrogen-bond donors (Lipinski definition) is 1. The van der Waals surface area contributed by atoms with Crippen molar-refractivity contribution in [3.8, 4) is 0 Å². The molecule has 2 aromatic heterocycles. The van der Waals surface area contributed by atoms with Crippen molar-refractivity contribution in [3.05, 3.63) is 47.5 Å². The molecule has 1 saturated heterocycles. The van der Waals surface area contributed by atoms with Crippen molar-refractivity contribution in [2.24, 2.45) is 0 Å². The predicted octanol–water partition coefficient (Wildman–Crippen LogP) is 3.12. The van der Waals surface area contributed by atoms with Crippen LogP contribution >= 0.6 is 0 Å². The van der Waals surface area contributed by atoms with Crippen LogP contribution in [0.5, 0.6) is 0 Å². The number of carbonyl (C=O) groups is 1. The van der Waals surface area contributed by atoms with Gasteiger partial charge in [-0.3, -0.25) is 14.9 Å². The molecule has 0 unspecified atom stereocenters. The van der Waals surface area contributed by atoms with Gasteiger partial charge in [-0.15, -0.1) is 0 Å². The van der Waals surface area contributed by atoms with Crippen molar-refractivity contribution in [2.75, 3.05) is 6.54 Å². The molecule has 0 saturated carbocycles. The van der Waals surface area contributed by atoms with Crippen LogP contribution in [-0.2, 0) is 6.42 Å². The summed E-state index contributed by atoms with van der Waals surface area (Å²) in [5, 5.41) is 7.18. The lowest BCUT2D eigenvalue weighted by atomic mass is 9.96. The normalized spacial score (nSPS) is 18.4. The molecule has 3 heterocycles. The smallest absolute Gasteiger partial charge is 0.274 e. The highest BCUT2D eigenvalue weighted by atomic mass is 16.2. The number of aromatic nitrogens is 3. The summed E-state index contributed by atoms with van der Waals surface area (Å²) in [5.74, 6) is 0.0205. The fraction of sp³-hybridized carbons (Fsp3) is 0.471. The van der Waals surface area contributed by atoms with Crippen molar-refractivity contribution in [1.82, 2.24) is 20.1 Å². The number of aryl methyl sites for hydroxylation is 1. The van der Waals surface area contributed by atoms with Crippen LogP contribution in [0.15, 0.2) is 30.6 Å². The molecule has 1 aliphatic heterocycles. The first-order valence-corrected chi connectivity index (χ1v) is 8.04. The second-order valence-corrected chi connectivity index (χ2v) is 5.82. The third kappa shape index (κ3) is 3.03. The molecule has 3 rings (SSSR count). The summed E-state index contributed by atoms with van der Waals surface area (Å²) in [4.78, 5) is 19.0. The number of aromatic amines is 1. The molecule has 0 radical (unpaired) electrons. The minimum atomic E-state index is 0.0205. The van der Waals surface area contributed by atoms with Crippen LogP contribution in [0, 0.1) is 0 Å². The SMILES string of the molecule is CCCc1cc(C(=O)N2CCCC[C@H]2c2cccnc2)n[nH]1. The van der Waals surface area contributed by atoms with Gasteiger partial charge in [0.05, 0.1) is 6.04 Å². The van der Waals surface area contributed by atoms with Crippen molar-refractivity contribution in [1.29, 1.82) is 0 Å². The third-order valence-corrected chi connectivity index (χ3v) is 4.20. The number of pyridine rings is 1. The van der Waals surface area contributed by atoms with Crippen LogP contribution in [0.25, 0.3) is 0 Å². The van der Waals surface area contributed by atoms with Gasteiger partial charge in [-0.1, -0.05) is 19.4 Å². The first kappa shape index (κ1) is 14.8. The average Bonchev–Trinajstić information content (AvgIpc) is 3.04. The van der Waals surface area contributed by atoms with E-state index in [1.165, 1.54) is 0 Å². The van der Waals surface area contributed by atoms with Gasteiger partial charge in [-0.05, 0) is 43.4 Å². The molecule has 116 valence electrons. The minimum Gasteiger partial charge on any atom is -0.330 e. The average molecular weight is 298 g/mol. The van der Waals surface area contributed by atoms with Gasteiger partial charge in [0.2, 0.25) is 0 Å². The zero-order valence-corrected chi connectivity index (χ0v) is 13.0. The quantitative estimate of drug-likeness (QED) is 0.943. The second kappa shape index (κ2) is 6.73. The Morgan fingerprint density at radius 1 is 1.45 bits per heavy atom. The molecule has 0 aliphatic carbocycles. The minimum absolute atomic E-state index is 0.0205. The van der Waals surface area contributed by atoms with Crippen LogP contribution in [0.3, 0.4) is 0 Å². The zero-order chi connectivity index (χ0) is 15.4. The Labute approximate surface area is 130 Å². The van der Waals surface area contributed by atoms with E-state index in [0.717, 1.165) is 49.9 Å². The standard InChI is InChI=1S/C17H22N4O/c1-2-6-14-11-15(20-19-14)17(22)21-10-4-3-8-16(21)13-7-5-9-18-12-13/h5,7,9,11-12,16H,2-4,6,8,10H2,1H3,(H,19,20)/t16-/m0/s1. The van der Waals surface area contributed by atoms with E-state index in [0.29, 0.717) is 5.69 Å². The topological polar surface area (TPSA) is 61.9 Å². The van der Waals surface area contributed by atoms with Crippen LogP contribution < -0.4 is 0 Å². The first-order valence-electron chi connectivity index (χ1n) is 8.04. The van der Waals surface area contributed by atoms with Crippen LogP contribution in [0.1, 0.15) is 60.4 Å². The number of amides is 1. The summed E-state index contributed by atoms with van der Waals surface area (Å²) in [6.45, 7) is 2.90. The highest BCUT2D eigenvalue weighted by Gasteiger charge is 2.29. The Hall–Kier alpha value is -2.17. The monoisotopic (exact) mass is 298 g/mol. The molecule has 1 aliphatic rings. The molecule has 1 fully saturated rings. The van der Waals surface area contributed by atoms with Gasteiger partial charge in [0.1, 0.15) is 5.69 Å². The molecule has 0 spiro atoms. The molecule has 0 bridgehead atoms. The summed E-state index contributed by atoms with van der Waals surface area (Å²) >= 11 is 0. The Morgan fingerprint density at radius 2 is 2.36 bits per heavy atom. The largest absolute Gasteiger partial charge is 0.330 e. The van der Waals surface area contributed by atoms with Gasteiger partial charge in [0.25, 0.3) is 5.91 Å². The molecule has 2 aromatic rings. The summed E-state index contributed by atoms with van der Waals surface area (Å²) in [6, 6.07) is 5.98. The van der Waals surface area contributed by atoms with Crippen molar-refractivity contribution < 1.29 is 4.79 Å². The predicted molar refractivity (Wildman–Crippen MR) is 84.4 cm³/mol. The van der Waals surface area contributed by atoms with E-state index in [2.05, 4.69) is 28.2 Å².